The third-order valence-electron chi connectivity index (χ3n) is 3.39. The highest BCUT2D eigenvalue weighted by atomic mass is 19.1. The summed E-state index contributed by atoms with van der Waals surface area (Å²) in [4.78, 5) is 8.10. The van der Waals surface area contributed by atoms with Crippen molar-refractivity contribution in [3.05, 3.63) is 83.7 Å². The van der Waals surface area contributed by atoms with Gasteiger partial charge in [-0.1, -0.05) is 18.2 Å². The second-order valence-electron chi connectivity index (χ2n) is 5.22. The summed E-state index contributed by atoms with van der Waals surface area (Å²) in [5, 5.41) is 12.4. The summed E-state index contributed by atoms with van der Waals surface area (Å²) in [7, 11) is 0. The Kier molecular flexibility index (Phi) is 4.81. The Labute approximate surface area is 139 Å². The van der Waals surface area contributed by atoms with E-state index in [0.717, 1.165) is 22.6 Å². The molecule has 0 bridgehead atoms. The predicted molar refractivity (Wildman–Crippen MR) is 92.8 cm³/mol. The second-order valence-corrected chi connectivity index (χ2v) is 5.22. The Morgan fingerprint density at radius 3 is 2.42 bits per heavy atom. The number of aromatic hydroxyl groups is 1. The first-order valence-corrected chi connectivity index (χ1v) is 7.46. The van der Waals surface area contributed by atoms with E-state index in [-0.39, 0.29) is 11.6 Å². The third kappa shape index (κ3) is 4.39. The Hall–Kier alpha value is -3.21. The highest BCUT2D eigenvalue weighted by Gasteiger charge is 1.97. The van der Waals surface area contributed by atoms with Crippen molar-refractivity contribution in [2.45, 2.75) is 6.54 Å². The molecule has 3 aromatic rings. The molecule has 1 aromatic carbocycles. The number of rotatable bonds is 5. The maximum absolute atomic E-state index is 12.8. The third-order valence-corrected chi connectivity index (χ3v) is 3.39. The van der Waals surface area contributed by atoms with Crippen LogP contribution in [-0.4, -0.2) is 15.1 Å². The van der Waals surface area contributed by atoms with Crippen LogP contribution in [0, 0.1) is 5.82 Å². The zero-order valence-electron chi connectivity index (χ0n) is 12.9. The number of nitrogens with one attached hydrogen (secondary N) is 1. The van der Waals surface area contributed by atoms with Crippen LogP contribution in [-0.2, 0) is 6.54 Å². The van der Waals surface area contributed by atoms with Crippen LogP contribution in [0.4, 0.5) is 10.1 Å². The lowest BCUT2D eigenvalue weighted by atomic mass is 10.1. The van der Waals surface area contributed by atoms with Gasteiger partial charge in [-0.3, -0.25) is 9.97 Å². The summed E-state index contributed by atoms with van der Waals surface area (Å²) in [5.41, 5.74) is 3.55. The smallest absolute Gasteiger partial charge is 0.141 e. The maximum Gasteiger partial charge on any atom is 0.141 e. The van der Waals surface area contributed by atoms with Gasteiger partial charge >= 0.3 is 0 Å². The summed E-state index contributed by atoms with van der Waals surface area (Å²) >= 11 is 0. The lowest BCUT2D eigenvalue weighted by Crippen LogP contribution is -2.01. The predicted octanol–water partition coefficient (Wildman–Crippen LogP) is 4.10. The monoisotopic (exact) mass is 321 g/mol. The maximum atomic E-state index is 12.8. The van der Waals surface area contributed by atoms with Crippen molar-refractivity contribution < 1.29 is 9.50 Å². The van der Waals surface area contributed by atoms with E-state index in [0.29, 0.717) is 6.54 Å². The van der Waals surface area contributed by atoms with E-state index in [9.17, 15) is 9.50 Å². The van der Waals surface area contributed by atoms with Crippen molar-refractivity contribution in [2.75, 3.05) is 5.32 Å². The molecule has 0 aliphatic carbocycles. The number of halogens is 1. The van der Waals surface area contributed by atoms with Crippen LogP contribution in [0.25, 0.3) is 12.2 Å². The van der Waals surface area contributed by atoms with Crippen LogP contribution in [0.3, 0.4) is 0 Å². The first-order chi connectivity index (χ1) is 11.7. The Bertz CT molecular complexity index is 813. The van der Waals surface area contributed by atoms with Gasteiger partial charge in [0, 0.05) is 5.69 Å². The van der Waals surface area contributed by atoms with Crippen molar-refractivity contribution in [3.63, 3.8) is 0 Å². The van der Waals surface area contributed by atoms with E-state index >= 15 is 0 Å². The molecule has 0 unspecified atom stereocenters. The Morgan fingerprint density at radius 2 is 1.75 bits per heavy atom. The highest BCUT2D eigenvalue weighted by molar-refractivity contribution is 5.69. The normalized spacial score (nSPS) is 10.9. The molecule has 2 N–H and O–H groups in total. The number of hydrogen-bond acceptors (Lipinski definition) is 4. The van der Waals surface area contributed by atoms with Crippen molar-refractivity contribution >= 4 is 17.8 Å². The standard InChI is InChI=1S/C19H16FN3O/c20-15-4-8-18(21-11-15)12-22-16-5-1-14(2-6-16)3-7-17-9-10-19(24)13-23-17/h1-11,13,22,24H,12H2/b7-3+. The first kappa shape index (κ1) is 15.7. The summed E-state index contributed by atoms with van der Waals surface area (Å²) in [6.07, 6.45) is 6.45. The molecule has 3 rings (SSSR count). The molecule has 0 fully saturated rings. The van der Waals surface area contributed by atoms with E-state index in [1.54, 1.807) is 18.2 Å². The minimum absolute atomic E-state index is 0.151. The number of hydrogen-bond donors (Lipinski definition) is 2. The van der Waals surface area contributed by atoms with Gasteiger partial charge in [-0.25, -0.2) is 4.39 Å². The number of anilines is 1. The van der Waals surface area contributed by atoms with Crippen LogP contribution in [0.2, 0.25) is 0 Å². The molecule has 0 amide bonds. The highest BCUT2D eigenvalue weighted by Crippen LogP contribution is 2.14. The molecule has 0 saturated heterocycles. The molecule has 4 nitrogen and oxygen atoms in total. The van der Waals surface area contributed by atoms with Crippen molar-refractivity contribution in [1.82, 2.24) is 9.97 Å². The van der Waals surface area contributed by atoms with Gasteiger partial charge in [0.05, 0.1) is 30.3 Å². The van der Waals surface area contributed by atoms with Gasteiger partial charge in [0.1, 0.15) is 11.6 Å². The molecule has 5 heteroatoms. The molecular weight excluding hydrogens is 305 g/mol. The van der Waals surface area contributed by atoms with Crippen LogP contribution in [0.5, 0.6) is 5.75 Å². The van der Waals surface area contributed by atoms with E-state index < -0.39 is 0 Å². The zero-order valence-corrected chi connectivity index (χ0v) is 12.9. The van der Waals surface area contributed by atoms with Crippen molar-refractivity contribution in [3.8, 4) is 5.75 Å². The second kappa shape index (κ2) is 7.37. The average Bonchev–Trinajstić information content (AvgIpc) is 2.62. The van der Waals surface area contributed by atoms with Gasteiger partial charge in [0.25, 0.3) is 0 Å². The Morgan fingerprint density at radius 1 is 0.917 bits per heavy atom. The molecule has 0 aliphatic heterocycles. The molecule has 2 aromatic heterocycles. The summed E-state index contributed by atoms with van der Waals surface area (Å²) in [6, 6.07) is 14.3. The molecule has 2 heterocycles. The molecule has 0 aliphatic rings. The fraction of sp³-hybridized carbons (Fsp3) is 0.0526. The fourth-order valence-electron chi connectivity index (χ4n) is 2.09. The van der Waals surface area contributed by atoms with Crippen molar-refractivity contribution in [2.24, 2.45) is 0 Å². The summed E-state index contributed by atoms with van der Waals surface area (Å²) in [5.74, 6) is -0.184. The lowest BCUT2D eigenvalue weighted by molar-refractivity contribution is 0.472. The van der Waals surface area contributed by atoms with Gasteiger partial charge < -0.3 is 10.4 Å². The molecule has 0 saturated carbocycles. The van der Waals surface area contributed by atoms with Crippen molar-refractivity contribution in [1.29, 1.82) is 0 Å². The molecule has 0 spiro atoms. The summed E-state index contributed by atoms with van der Waals surface area (Å²) in [6.45, 7) is 0.535. The fourth-order valence-corrected chi connectivity index (χ4v) is 2.09. The average molecular weight is 321 g/mol. The van der Waals surface area contributed by atoms with Crippen LogP contribution < -0.4 is 5.32 Å². The number of nitrogens with zero attached hydrogens (tertiary/aromatic N) is 2. The van der Waals surface area contributed by atoms with E-state index in [1.807, 2.05) is 36.4 Å². The topological polar surface area (TPSA) is 58.0 Å². The van der Waals surface area contributed by atoms with Gasteiger partial charge in [0.2, 0.25) is 0 Å². The molecule has 0 atom stereocenters. The number of pyridine rings is 2. The quantitative estimate of drug-likeness (QED) is 0.743. The molecule has 0 radical (unpaired) electrons. The van der Waals surface area contributed by atoms with Crippen LogP contribution in [0.15, 0.2) is 60.9 Å². The number of benzene rings is 1. The molecule has 24 heavy (non-hydrogen) atoms. The van der Waals surface area contributed by atoms with Crippen LogP contribution in [0.1, 0.15) is 17.0 Å². The van der Waals surface area contributed by atoms with Gasteiger partial charge in [-0.2, -0.15) is 0 Å². The first-order valence-electron chi connectivity index (χ1n) is 7.46. The minimum atomic E-state index is -0.335. The van der Waals surface area contributed by atoms with E-state index in [1.165, 1.54) is 18.5 Å². The van der Waals surface area contributed by atoms with E-state index in [2.05, 4.69) is 15.3 Å². The zero-order chi connectivity index (χ0) is 16.8. The van der Waals surface area contributed by atoms with Crippen LogP contribution >= 0.6 is 0 Å². The summed E-state index contributed by atoms with van der Waals surface area (Å²) < 4.78 is 12.8. The largest absolute Gasteiger partial charge is 0.506 e. The van der Waals surface area contributed by atoms with Gasteiger partial charge in [-0.15, -0.1) is 0 Å². The Balaban J connectivity index is 1.58. The minimum Gasteiger partial charge on any atom is -0.506 e. The van der Waals surface area contributed by atoms with E-state index in [4.69, 9.17) is 0 Å². The van der Waals surface area contributed by atoms with Gasteiger partial charge in [-0.05, 0) is 48.0 Å². The lowest BCUT2D eigenvalue weighted by Gasteiger charge is -2.06. The number of aromatic nitrogens is 2. The molecular formula is C19H16FN3O. The SMILES string of the molecule is Oc1ccc(/C=C/c2ccc(NCc3ccc(F)cn3)cc2)nc1. The molecule has 120 valence electrons. The van der Waals surface area contributed by atoms with Gasteiger partial charge in [0.15, 0.2) is 0 Å².